The fourth-order valence-electron chi connectivity index (χ4n) is 1.64. The number of amides is 1. The molecule has 0 fully saturated rings. The molecule has 0 saturated carbocycles. The molecule has 1 radical (unpaired) electrons. The Hall–Kier alpha value is -1.35. The van der Waals surface area contributed by atoms with Crippen LogP contribution in [0.5, 0.6) is 0 Å². The standard InChI is InChI=1S/C12H16NO2/c1-8-5-9(2)12(10(3)6-8)13-11(14)7-15-4/h5-7H,1-4H3,(H,13,14). The first-order valence-electron chi connectivity index (χ1n) is 4.79. The van der Waals surface area contributed by atoms with Crippen LogP contribution in [0.4, 0.5) is 5.69 Å². The number of carbonyl (C=O) groups excluding carboxylic acids is 1. The fraction of sp³-hybridized carbons (Fsp3) is 0.333. The number of rotatable bonds is 3. The number of benzene rings is 1. The lowest BCUT2D eigenvalue weighted by atomic mass is 10.1. The minimum Gasteiger partial charge on any atom is -0.368 e. The highest BCUT2D eigenvalue weighted by Gasteiger charge is 2.07. The first-order valence-corrected chi connectivity index (χ1v) is 4.79. The summed E-state index contributed by atoms with van der Waals surface area (Å²) in [5.41, 5.74) is 4.17. The van der Waals surface area contributed by atoms with Crippen LogP contribution < -0.4 is 5.32 Å². The molecule has 0 saturated heterocycles. The first kappa shape index (κ1) is 11.7. The molecule has 3 heteroatoms. The largest absolute Gasteiger partial charge is 0.368 e. The number of hydrogen-bond donors (Lipinski definition) is 1. The zero-order valence-corrected chi connectivity index (χ0v) is 9.55. The Labute approximate surface area is 90.4 Å². The summed E-state index contributed by atoms with van der Waals surface area (Å²) in [6.07, 6.45) is 0. The Morgan fingerprint density at radius 3 is 2.27 bits per heavy atom. The molecule has 0 aliphatic rings. The quantitative estimate of drug-likeness (QED) is 0.824. The van der Waals surface area contributed by atoms with Gasteiger partial charge in [0.15, 0.2) is 6.61 Å². The maximum Gasteiger partial charge on any atom is 0.256 e. The van der Waals surface area contributed by atoms with Crippen molar-refractivity contribution in [3.05, 3.63) is 35.4 Å². The number of nitrogens with one attached hydrogen (secondary N) is 1. The number of anilines is 1. The van der Waals surface area contributed by atoms with Crippen LogP contribution >= 0.6 is 0 Å². The van der Waals surface area contributed by atoms with Crippen molar-refractivity contribution in [1.29, 1.82) is 0 Å². The van der Waals surface area contributed by atoms with Crippen molar-refractivity contribution in [2.75, 3.05) is 12.4 Å². The minimum atomic E-state index is -0.243. The number of hydrogen-bond acceptors (Lipinski definition) is 2. The van der Waals surface area contributed by atoms with Gasteiger partial charge in [0.2, 0.25) is 0 Å². The molecular formula is C12H16NO2. The van der Waals surface area contributed by atoms with Crippen molar-refractivity contribution in [3.8, 4) is 0 Å². The highest BCUT2D eigenvalue weighted by atomic mass is 16.5. The molecule has 15 heavy (non-hydrogen) atoms. The van der Waals surface area contributed by atoms with Crippen molar-refractivity contribution in [2.24, 2.45) is 0 Å². The van der Waals surface area contributed by atoms with E-state index >= 15 is 0 Å². The third kappa shape index (κ3) is 3.06. The van der Waals surface area contributed by atoms with Gasteiger partial charge in [-0.2, -0.15) is 0 Å². The molecule has 1 amide bonds. The van der Waals surface area contributed by atoms with Gasteiger partial charge < -0.3 is 10.1 Å². The predicted molar refractivity (Wildman–Crippen MR) is 60.6 cm³/mol. The second kappa shape index (κ2) is 4.94. The molecule has 1 rings (SSSR count). The number of ether oxygens (including phenoxy) is 1. The maximum atomic E-state index is 11.3. The van der Waals surface area contributed by atoms with Gasteiger partial charge in [-0.3, -0.25) is 4.79 Å². The van der Waals surface area contributed by atoms with E-state index in [9.17, 15) is 4.79 Å². The Morgan fingerprint density at radius 2 is 1.80 bits per heavy atom. The Kier molecular flexibility index (Phi) is 3.86. The minimum absolute atomic E-state index is 0.243. The highest BCUT2D eigenvalue weighted by molar-refractivity contribution is 5.97. The van der Waals surface area contributed by atoms with Crippen LogP contribution in [0, 0.1) is 27.4 Å². The summed E-state index contributed by atoms with van der Waals surface area (Å²) in [4.78, 5) is 11.3. The molecule has 0 heterocycles. The summed E-state index contributed by atoms with van der Waals surface area (Å²) in [5, 5.41) is 2.79. The van der Waals surface area contributed by atoms with Crippen molar-refractivity contribution in [3.63, 3.8) is 0 Å². The van der Waals surface area contributed by atoms with Gasteiger partial charge in [-0.1, -0.05) is 17.7 Å². The summed E-state index contributed by atoms with van der Waals surface area (Å²) in [6, 6.07) is 4.07. The summed E-state index contributed by atoms with van der Waals surface area (Å²) in [7, 11) is 1.45. The van der Waals surface area contributed by atoms with Crippen molar-refractivity contribution >= 4 is 11.6 Å². The van der Waals surface area contributed by atoms with Gasteiger partial charge in [-0.25, -0.2) is 0 Å². The Morgan fingerprint density at radius 1 is 1.27 bits per heavy atom. The van der Waals surface area contributed by atoms with Crippen molar-refractivity contribution in [1.82, 2.24) is 0 Å². The van der Waals surface area contributed by atoms with Gasteiger partial charge in [-0.15, -0.1) is 0 Å². The Balaban J connectivity index is 2.90. The van der Waals surface area contributed by atoms with Crippen LogP contribution in [0.1, 0.15) is 16.7 Å². The smallest absolute Gasteiger partial charge is 0.256 e. The molecule has 0 unspecified atom stereocenters. The van der Waals surface area contributed by atoms with E-state index in [0.717, 1.165) is 23.4 Å². The first-order chi connectivity index (χ1) is 7.04. The average Bonchev–Trinajstić information content (AvgIpc) is 2.11. The lowest BCUT2D eigenvalue weighted by Gasteiger charge is -2.12. The normalized spacial score (nSPS) is 10.1. The van der Waals surface area contributed by atoms with E-state index in [1.807, 2.05) is 32.9 Å². The van der Waals surface area contributed by atoms with Gasteiger partial charge in [-0.05, 0) is 31.9 Å². The van der Waals surface area contributed by atoms with Crippen LogP contribution in [0.15, 0.2) is 12.1 Å². The molecule has 0 aromatic heterocycles. The molecule has 0 spiro atoms. The third-order valence-electron chi connectivity index (χ3n) is 2.15. The molecule has 1 aromatic carbocycles. The van der Waals surface area contributed by atoms with Gasteiger partial charge in [0.25, 0.3) is 5.91 Å². The van der Waals surface area contributed by atoms with Crippen LogP contribution in [0.3, 0.4) is 0 Å². The molecule has 1 aromatic rings. The second-order valence-electron chi connectivity index (χ2n) is 3.62. The molecule has 0 atom stereocenters. The topological polar surface area (TPSA) is 38.3 Å². The fourth-order valence-corrected chi connectivity index (χ4v) is 1.64. The maximum absolute atomic E-state index is 11.3. The van der Waals surface area contributed by atoms with E-state index in [1.165, 1.54) is 12.7 Å². The molecule has 0 aliphatic heterocycles. The van der Waals surface area contributed by atoms with Crippen LogP contribution in [-0.4, -0.2) is 13.0 Å². The monoisotopic (exact) mass is 206 g/mol. The summed E-state index contributed by atoms with van der Waals surface area (Å²) >= 11 is 0. The molecule has 1 N–H and O–H groups in total. The van der Waals surface area contributed by atoms with Gasteiger partial charge >= 0.3 is 0 Å². The van der Waals surface area contributed by atoms with E-state index in [0.29, 0.717) is 0 Å². The molecule has 81 valence electrons. The summed E-state index contributed by atoms with van der Waals surface area (Å²) in [5.74, 6) is -0.243. The number of methoxy groups -OCH3 is 1. The predicted octanol–water partition coefficient (Wildman–Crippen LogP) is 2.36. The molecule has 0 aliphatic carbocycles. The van der Waals surface area contributed by atoms with Crippen molar-refractivity contribution < 1.29 is 9.53 Å². The number of carbonyl (C=O) groups is 1. The second-order valence-corrected chi connectivity index (χ2v) is 3.62. The van der Waals surface area contributed by atoms with E-state index in [-0.39, 0.29) is 5.91 Å². The molecular weight excluding hydrogens is 190 g/mol. The lowest BCUT2D eigenvalue weighted by molar-refractivity contribution is -0.116. The van der Waals surface area contributed by atoms with Crippen LogP contribution in [0.2, 0.25) is 0 Å². The summed E-state index contributed by atoms with van der Waals surface area (Å²) < 4.78 is 4.64. The Bertz CT molecular complexity index is 349. The van der Waals surface area contributed by atoms with Crippen LogP contribution in [0.25, 0.3) is 0 Å². The zero-order valence-electron chi connectivity index (χ0n) is 9.55. The highest BCUT2D eigenvalue weighted by Crippen LogP contribution is 2.21. The van der Waals surface area contributed by atoms with E-state index in [1.54, 1.807) is 0 Å². The van der Waals surface area contributed by atoms with E-state index < -0.39 is 0 Å². The van der Waals surface area contributed by atoms with E-state index in [4.69, 9.17) is 0 Å². The molecule has 0 bridgehead atoms. The number of aryl methyl sites for hydroxylation is 3. The molecule has 3 nitrogen and oxygen atoms in total. The SMILES string of the molecule is CO[CH]C(=O)Nc1c(C)cc(C)cc1C. The third-order valence-corrected chi connectivity index (χ3v) is 2.15. The summed E-state index contributed by atoms with van der Waals surface area (Å²) in [6.45, 7) is 7.14. The van der Waals surface area contributed by atoms with Crippen molar-refractivity contribution in [2.45, 2.75) is 20.8 Å². The van der Waals surface area contributed by atoms with Gasteiger partial charge in [0.1, 0.15) is 0 Å². The lowest BCUT2D eigenvalue weighted by Crippen LogP contribution is -2.14. The average molecular weight is 206 g/mol. The van der Waals surface area contributed by atoms with Crippen LogP contribution in [-0.2, 0) is 9.53 Å². The van der Waals surface area contributed by atoms with Gasteiger partial charge in [0.05, 0.1) is 0 Å². The van der Waals surface area contributed by atoms with Gasteiger partial charge in [0, 0.05) is 12.8 Å². The zero-order chi connectivity index (χ0) is 11.4. The van der Waals surface area contributed by atoms with E-state index in [2.05, 4.69) is 10.1 Å².